The van der Waals surface area contributed by atoms with Crippen LogP contribution in [-0.2, 0) is 11.7 Å². The molecule has 0 amide bonds. The second-order valence-corrected chi connectivity index (χ2v) is 5.53. The zero-order valence-corrected chi connectivity index (χ0v) is 12.4. The summed E-state index contributed by atoms with van der Waals surface area (Å²) in [5.41, 5.74) is 4.42. The molecule has 1 aromatic carbocycles. The van der Waals surface area contributed by atoms with Crippen molar-refractivity contribution >= 4 is 11.8 Å². The molecule has 4 N–H and O–H groups in total. The average molecular weight is 337 g/mol. The van der Waals surface area contributed by atoms with Crippen molar-refractivity contribution in [1.29, 1.82) is 0 Å². The molecule has 0 atom stereocenters. The summed E-state index contributed by atoms with van der Waals surface area (Å²) in [7, 11) is 0. The van der Waals surface area contributed by atoms with E-state index in [1.165, 1.54) is 24.5 Å². The van der Waals surface area contributed by atoms with Crippen molar-refractivity contribution in [1.82, 2.24) is 9.97 Å². The summed E-state index contributed by atoms with van der Waals surface area (Å²) in [6, 6.07) is 5.48. The number of aromatic nitrogens is 2. The molecule has 9 heteroatoms. The number of benzene rings is 1. The molecule has 1 aliphatic carbocycles. The molecule has 0 spiro atoms. The lowest BCUT2D eigenvalue weighted by Crippen LogP contribution is -2.25. The summed E-state index contributed by atoms with van der Waals surface area (Å²) in [6.07, 6.45) is -0.673. The van der Waals surface area contributed by atoms with E-state index in [2.05, 4.69) is 20.4 Å². The molecule has 3 rings (SSSR count). The zero-order valence-electron chi connectivity index (χ0n) is 12.4. The Hall–Kier alpha value is -2.84. The van der Waals surface area contributed by atoms with E-state index in [1.807, 2.05) is 0 Å². The van der Waals surface area contributed by atoms with Crippen LogP contribution in [0.5, 0.6) is 0 Å². The molecule has 24 heavy (non-hydrogen) atoms. The van der Waals surface area contributed by atoms with Gasteiger partial charge < -0.3 is 16.3 Å². The van der Waals surface area contributed by atoms with Gasteiger partial charge in [0, 0.05) is 12.4 Å². The molecule has 0 bridgehead atoms. The first kappa shape index (κ1) is 16.0. The van der Waals surface area contributed by atoms with Gasteiger partial charge in [-0.2, -0.15) is 13.2 Å². The summed E-state index contributed by atoms with van der Waals surface area (Å²) in [5.74, 6) is 0.0315. The topological polar surface area (TPSA) is 96.4 Å². The Labute approximate surface area is 135 Å². The Morgan fingerprint density at radius 2 is 1.83 bits per heavy atom. The van der Waals surface area contributed by atoms with Gasteiger partial charge in [0.15, 0.2) is 5.84 Å². The smallest absolute Gasteiger partial charge is 0.409 e. The first-order valence-electron chi connectivity index (χ1n) is 7.10. The van der Waals surface area contributed by atoms with Crippen LogP contribution >= 0.6 is 0 Å². The number of oxime groups is 1. The quantitative estimate of drug-likeness (QED) is 0.345. The van der Waals surface area contributed by atoms with E-state index in [9.17, 15) is 13.2 Å². The Morgan fingerprint density at radius 3 is 2.38 bits per heavy atom. The van der Waals surface area contributed by atoms with Crippen LogP contribution in [0.1, 0.15) is 29.5 Å². The number of anilines is 1. The van der Waals surface area contributed by atoms with Crippen LogP contribution in [0.4, 0.5) is 19.1 Å². The van der Waals surface area contributed by atoms with Crippen LogP contribution in [0.15, 0.2) is 41.8 Å². The van der Waals surface area contributed by atoms with Crippen LogP contribution in [0, 0.1) is 0 Å². The average Bonchev–Trinajstić information content (AvgIpc) is 3.35. The number of halogens is 3. The maximum absolute atomic E-state index is 13.2. The van der Waals surface area contributed by atoms with Crippen LogP contribution in [0.3, 0.4) is 0 Å². The van der Waals surface area contributed by atoms with E-state index in [0.717, 1.165) is 6.07 Å². The second-order valence-electron chi connectivity index (χ2n) is 5.53. The first-order valence-corrected chi connectivity index (χ1v) is 7.10. The predicted octanol–water partition coefficient (Wildman–Crippen LogP) is 2.69. The van der Waals surface area contributed by atoms with E-state index in [1.54, 1.807) is 6.07 Å². The van der Waals surface area contributed by atoms with Gasteiger partial charge in [-0.3, -0.25) is 0 Å². The lowest BCUT2D eigenvalue weighted by Gasteiger charge is -2.22. The van der Waals surface area contributed by atoms with Gasteiger partial charge in [0.1, 0.15) is 0 Å². The Morgan fingerprint density at radius 1 is 1.21 bits per heavy atom. The molecule has 6 nitrogen and oxygen atoms in total. The summed E-state index contributed by atoms with van der Waals surface area (Å²) in [6.45, 7) is 0. The standard InChI is InChI=1S/C15H14F3N5O/c16-15(17,18)11-4-2-1-3-10(11)14(5-6-14)22-13-20-7-9(8-21-13)12(19)23-24/h1-4,7-8,24H,5-6H2,(H2,19,23)(H,20,21,22). The van der Waals surface area contributed by atoms with E-state index in [-0.39, 0.29) is 17.3 Å². The molecule has 1 aromatic heterocycles. The van der Waals surface area contributed by atoms with E-state index >= 15 is 0 Å². The number of amidine groups is 1. The second kappa shape index (κ2) is 5.66. The van der Waals surface area contributed by atoms with Crippen molar-refractivity contribution in [2.45, 2.75) is 24.6 Å². The van der Waals surface area contributed by atoms with Gasteiger partial charge >= 0.3 is 6.18 Å². The molecule has 0 unspecified atom stereocenters. The van der Waals surface area contributed by atoms with Gasteiger partial charge in [0.25, 0.3) is 0 Å². The van der Waals surface area contributed by atoms with Crippen LogP contribution < -0.4 is 11.1 Å². The maximum Gasteiger partial charge on any atom is 0.416 e. The van der Waals surface area contributed by atoms with Gasteiger partial charge in [0.05, 0.1) is 16.7 Å². The minimum atomic E-state index is -4.43. The van der Waals surface area contributed by atoms with Gasteiger partial charge in [-0.25, -0.2) is 9.97 Å². The number of hydrogen-bond donors (Lipinski definition) is 3. The highest BCUT2D eigenvalue weighted by Gasteiger charge is 2.49. The zero-order chi connectivity index (χ0) is 17.4. The number of rotatable bonds is 4. The Bertz CT molecular complexity index is 769. The van der Waals surface area contributed by atoms with Gasteiger partial charge in [0.2, 0.25) is 5.95 Å². The monoisotopic (exact) mass is 337 g/mol. The first-order chi connectivity index (χ1) is 11.4. The van der Waals surface area contributed by atoms with Gasteiger partial charge in [-0.05, 0) is 24.5 Å². The normalized spacial score (nSPS) is 16.7. The molecule has 1 aliphatic rings. The van der Waals surface area contributed by atoms with Crippen LogP contribution in [-0.4, -0.2) is 21.0 Å². The van der Waals surface area contributed by atoms with Gasteiger partial charge in [-0.15, -0.1) is 0 Å². The predicted molar refractivity (Wildman–Crippen MR) is 80.5 cm³/mol. The van der Waals surface area contributed by atoms with Crippen LogP contribution in [0.2, 0.25) is 0 Å². The van der Waals surface area contributed by atoms with Gasteiger partial charge in [-0.1, -0.05) is 23.4 Å². The number of alkyl halides is 3. The van der Waals surface area contributed by atoms with E-state index < -0.39 is 17.3 Å². The highest BCUT2D eigenvalue weighted by molar-refractivity contribution is 5.96. The molecule has 1 heterocycles. The number of nitrogens with two attached hydrogens (primary N) is 1. The van der Waals surface area contributed by atoms with Crippen LogP contribution in [0.25, 0.3) is 0 Å². The third kappa shape index (κ3) is 2.97. The SMILES string of the molecule is NC(=NO)c1cnc(NC2(c3ccccc3C(F)(F)F)CC2)nc1. The lowest BCUT2D eigenvalue weighted by molar-refractivity contribution is -0.138. The maximum atomic E-state index is 13.2. The third-order valence-corrected chi connectivity index (χ3v) is 3.90. The third-order valence-electron chi connectivity index (χ3n) is 3.90. The molecular formula is C15H14F3N5O. The molecule has 1 fully saturated rings. The molecular weight excluding hydrogens is 323 g/mol. The Balaban J connectivity index is 1.88. The fourth-order valence-corrected chi connectivity index (χ4v) is 2.53. The summed E-state index contributed by atoms with van der Waals surface area (Å²) < 4.78 is 39.6. The summed E-state index contributed by atoms with van der Waals surface area (Å²) >= 11 is 0. The fourth-order valence-electron chi connectivity index (χ4n) is 2.53. The number of hydrogen-bond acceptors (Lipinski definition) is 5. The highest BCUT2D eigenvalue weighted by atomic mass is 19.4. The highest BCUT2D eigenvalue weighted by Crippen LogP contribution is 2.51. The van der Waals surface area contributed by atoms with Crippen molar-refractivity contribution in [2.75, 3.05) is 5.32 Å². The largest absolute Gasteiger partial charge is 0.416 e. The summed E-state index contributed by atoms with van der Waals surface area (Å²) in [4.78, 5) is 8.03. The van der Waals surface area contributed by atoms with Crippen molar-refractivity contribution < 1.29 is 18.4 Å². The van der Waals surface area contributed by atoms with Crippen molar-refractivity contribution in [3.63, 3.8) is 0 Å². The molecule has 0 saturated heterocycles. The summed E-state index contributed by atoms with van der Waals surface area (Å²) in [5, 5.41) is 14.4. The fraction of sp³-hybridized carbons (Fsp3) is 0.267. The molecule has 0 radical (unpaired) electrons. The van der Waals surface area contributed by atoms with Crippen molar-refractivity contribution in [3.8, 4) is 0 Å². The van der Waals surface area contributed by atoms with Crippen molar-refractivity contribution in [2.24, 2.45) is 10.9 Å². The van der Waals surface area contributed by atoms with E-state index in [0.29, 0.717) is 18.4 Å². The molecule has 0 aliphatic heterocycles. The minimum Gasteiger partial charge on any atom is -0.409 e. The number of nitrogens with zero attached hydrogens (tertiary/aromatic N) is 3. The Kier molecular flexibility index (Phi) is 3.78. The lowest BCUT2D eigenvalue weighted by atomic mass is 9.98. The minimum absolute atomic E-state index is 0.148. The van der Waals surface area contributed by atoms with E-state index in [4.69, 9.17) is 10.9 Å². The molecule has 2 aromatic rings. The molecule has 126 valence electrons. The number of nitrogens with one attached hydrogen (secondary N) is 1. The molecule has 1 saturated carbocycles. The van der Waals surface area contributed by atoms with Crippen molar-refractivity contribution in [3.05, 3.63) is 53.3 Å².